The molecule has 0 spiro atoms. The highest BCUT2D eigenvalue weighted by Gasteiger charge is 2.30. The maximum Gasteiger partial charge on any atom is 0.266 e. The number of carbonyl (C=O) groups is 1. The predicted octanol–water partition coefficient (Wildman–Crippen LogP) is 6.31. The van der Waals surface area contributed by atoms with Crippen LogP contribution < -0.4 is 4.90 Å². The maximum absolute atomic E-state index is 12.6. The van der Waals surface area contributed by atoms with Crippen molar-refractivity contribution >= 4 is 57.2 Å². The molecule has 2 aliphatic heterocycles. The summed E-state index contributed by atoms with van der Waals surface area (Å²) in [5.74, 6) is -0.0124. The smallest absolute Gasteiger partial charge is 0.266 e. The number of likely N-dealkylation sites (N-methyl/N-ethyl adjacent to an activating group) is 1. The van der Waals surface area contributed by atoms with E-state index in [1.54, 1.807) is 16.7 Å². The molecule has 0 bridgehead atoms. The number of para-hydroxylation sites is 1. The molecule has 3 nitrogen and oxygen atoms in total. The van der Waals surface area contributed by atoms with Gasteiger partial charge in [-0.25, -0.2) is 0 Å². The van der Waals surface area contributed by atoms with Crippen molar-refractivity contribution in [2.45, 2.75) is 18.7 Å². The van der Waals surface area contributed by atoms with E-state index in [-0.39, 0.29) is 5.91 Å². The molecule has 0 N–H and O–H groups in total. The zero-order valence-electron chi connectivity index (χ0n) is 16.9. The van der Waals surface area contributed by atoms with Crippen LogP contribution in [0.25, 0.3) is 5.57 Å². The lowest BCUT2D eigenvalue weighted by Crippen LogP contribution is -2.27. The summed E-state index contributed by atoms with van der Waals surface area (Å²) in [5, 5.41) is 1.18. The minimum Gasteiger partial charge on any atom is -0.335 e. The molecule has 1 amide bonds. The quantitative estimate of drug-likeness (QED) is 0.392. The molecule has 0 aliphatic carbocycles. The van der Waals surface area contributed by atoms with Crippen molar-refractivity contribution in [3.63, 3.8) is 0 Å². The highest BCUT2D eigenvalue weighted by molar-refractivity contribution is 8.26. The minimum absolute atomic E-state index is 0.0124. The average molecular weight is 451 g/mol. The van der Waals surface area contributed by atoms with Gasteiger partial charge < -0.3 is 4.90 Å². The Morgan fingerprint density at radius 1 is 0.967 bits per heavy atom. The van der Waals surface area contributed by atoms with Crippen LogP contribution in [0.4, 0.5) is 5.69 Å². The first-order valence-corrected chi connectivity index (χ1v) is 11.9. The molecule has 30 heavy (non-hydrogen) atoms. The summed E-state index contributed by atoms with van der Waals surface area (Å²) < 4.78 is 0.626. The maximum atomic E-state index is 12.6. The normalized spacial score (nSPS) is 19.3. The minimum atomic E-state index is -0.0124. The van der Waals surface area contributed by atoms with Crippen LogP contribution in [-0.2, 0) is 4.79 Å². The van der Waals surface area contributed by atoms with Crippen LogP contribution in [0.3, 0.4) is 0 Å². The van der Waals surface area contributed by atoms with Gasteiger partial charge in [0, 0.05) is 18.0 Å². The number of rotatable bonds is 5. The summed E-state index contributed by atoms with van der Waals surface area (Å²) in [5.41, 5.74) is 3.42. The molecule has 0 atom stereocenters. The molecular weight excluding hydrogens is 428 g/mol. The Balaban J connectivity index is 1.73. The first-order chi connectivity index (χ1) is 14.6. The van der Waals surface area contributed by atoms with Gasteiger partial charge in [0.05, 0.1) is 15.6 Å². The van der Waals surface area contributed by atoms with Gasteiger partial charge in [0.2, 0.25) is 0 Å². The Bertz CT molecular complexity index is 1070. The molecule has 2 heterocycles. The number of hydrogen-bond donors (Lipinski definition) is 0. The summed E-state index contributed by atoms with van der Waals surface area (Å²) in [7, 11) is 0. The van der Waals surface area contributed by atoms with Crippen molar-refractivity contribution in [3.8, 4) is 0 Å². The first kappa shape index (κ1) is 21.0. The fourth-order valence-corrected chi connectivity index (χ4v) is 5.93. The number of carbonyl (C=O) groups excluding carboxylic acids is 1. The second-order valence-electron chi connectivity index (χ2n) is 6.73. The van der Waals surface area contributed by atoms with E-state index >= 15 is 0 Å². The summed E-state index contributed by atoms with van der Waals surface area (Å²) in [6, 6.07) is 18.7. The molecule has 1 fully saturated rings. The van der Waals surface area contributed by atoms with Crippen molar-refractivity contribution < 1.29 is 4.79 Å². The molecule has 0 saturated carbocycles. The fourth-order valence-electron chi connectivity index (χ4n) is 3.43. The van der Waals surface area contributed by atoms with E-state index in [0.29, 0.717) is 15.8 Å². The Morgan fingerprint density at radius 2 is 1.67 bits per heavy atom. The van der Waals surface area contributed by atoms with Crippen LogP contribution in [0, 0.1) is 0 Å². The summed E-state index contributed by atoms with van der Waals surface area (Å²) in [4.78, 5) is 18.5. The topological polar surface area (TPSA) is 23.6 Å². The molecular formula is C24H22N2OS3. The molecule has 0 radical (unpaired) electrons. The van der Waals surface area contributed by atoms with E-state index in [2.05, 4.69) is 54.3 Å². The molecule has 152 valence electrons. The summed E-state index contributed by atoms with van der Waals surface area (Å²) in [6.07, 6.45) is 6.14. The Hall–Kier alpha value is -2.28. The van der Waals surface area contributed by atoms with Crippen LogP contribution >= 0.6 is 35.7 Å². The number of amides is 1. The second-order valence-corrected chi connectivity index (χ2v) is 9.47. The van der Waals surface area contributed by atoms with Gasteiger partial charge in [-0.1, -0.05) is 84.3 Å². The van der Waals surface area contributed by atoms with Gasteiger partial charge in [-0.05, 0) is 49.3 Å². The van der Waals surface area contributed by atoms with Crippen LogP contribution in [0.15, 0.2) is 87.7 Å². The Kier molecular flexibility index (Phi) is 6.46. The van der Waals surface area contributed by atoms with Gasteiger partial charge in [-0.3, -0.25) is 9.69 Å². The first-order valence-electron chi connectivity index (χ1n) is 9.89. The van der Waals surface area contributed by atoms with Gasteiger partial charge >= 0.3 is 0 Å². The number of hydrogen-bond acceptors (Lipinski definition) is 5. The van der Waals surface area contributed by atoms with Crippen LogP contribution in [0.2, 0.25) is 0 Å². The third kappa shape index (κ3) is 4.13. The monoisotopic (exact) mass is 450 g/mol. The molecule has 2 aromatic carbocycles. The van der Waals surface area contributed by atoms with E-state index < -0.39 is 0 Å². The van der Waals surface area contributed by atoms with Crippen molar-refractivity contribution in [1.29, 1.82) is 0 Å². The Morgan fingerprint density at radius 3 is 2.37 bits per heavy atom. The summed E-state index contributed by atoms with van der Waals surface area (Å²) >= 11 is 8.49. The zero-order valence-corrected chi connectivity index (χ0v) is 19.3. The number of thiocarbonyl (C=S) groups is 1. The van der Waals surface area contributed by atoms with Gasteiger partial charge in [0.15, 0.2) is 0 Å². The third-order valence-electron chi connectivity index (χ3n) is 4.94. The van der Waals surface area contributed by atoms with Gasteiger partial charge in [0.25, 0.3) is 5.91 Å². The number of anilines is 1. The van der Waals surface area contributed by atoms with Crippen molar-refractivity contribution in [2.75, 3.05) is 18.0 Å². The molecule has 0 unspecified atom stereocenters. The number of thioether (sulfide) groups is 2. The number of allylic oxidation sites excluding steroid dienone is 4. The summed E-state index contributed by atoms with van der Waals surface area (Å²) in [6.45, 7) is 5.60. The van der Waals surface area contributed by atoms with E-state index in [9.17, 15) is 4.79 Å². The predicted molar refractivity (Wildman–Crippen MR) is 133 cm³/mol. The standard InChI is InChI=1S/C24H22N2OS3/c1-3-25-19-12-8-9-13-20(19)29-22(25)16-18(17-10-6-5-7-11-17)14-15-21-23(27)26(4-2)24(28)30-21/h5-16H,3-4H2,1-2H3/b18-14-,21-15-,22-16+. The Labute approximate surface area is 191 Å². The third-order valence-corrected chi connectivity index (χ3v) is 7.45. The molecule has 0 aromatic heterocycles. The second kappa shape index (κ2) is 9.25. The van der Waals surface area contributed by atoms with Crippen molar-refractivity contribution in [1.82, 2.24) is 4.90 Å². The van der Waals surface area contributed by atoms with E-state index in [4.69, 9.17) is 12.2 Å². The van der Waals surface area contributed by atoms with Crippen LogP contribution in [0.5, 0.6) is 0 Å². The number of benzene rings is 2. The molecule has 6 heteroatoms. The average Bonchev–Trinajstić information content (AvgIpc) is 3.26. The fraction of sp³-hybridized carbons (Fsp3) is 0.167. The lowest BCUT2D eigenvalue weighted by Gasteiger charge is -2.18. The highest BCUT2D eigenvalue weighted by atomic mass is 32.2. The van der Waals surface area contributed by atoms with E-state index in [0.717, 1.165) is 17.7 Å². The van der Waals surface area contributed by atoms with Gasteiger partial charge in [0.1, 0.15) is 4.32 Å². The number of nitrogens with zero attached hydrogens (tertiary/aromatic N) is 2. The zero-order chi connectivity index (χ0) is 21.1. The van der Waals surface area contributed by atoms with Crippen molar-refractivity contribution in [3.05, 3.63) is 88.3 Å². The van der Waals surface area contributed by atoms with E-state index in [1.165, 1.54) is 27.4 Å². The van der Waals surface area contributed by atoms with Crippen molar-refractivity contribution in [2.24, 2.45) is 0 Å². The molecule has 2 aromatic rings. The number of fused-ring (bicyclic) bond motifs is 1. The van der Waals surface area contributed by atoms with E-state index in [1.807, 2.05) is 37.3 Å². The van der Waals surface area contributed by atoms with Crippen LogP contribution in [-0.4, -0.2) is 28.2 Å². The van der Waals surface area contributed by atoms with Gasteiger partial charge in [-0.15, -0.1) is 0 Å². The molecule has 4 rings (SSSR count). The highest BCUT2D eigenvalue weighted by Crippen LogP contribution is 2.46. The largest absolute Gasteiger partial charge is 0.335 e. The SMILES string of the molecule is CCN1C(=O)/C(=C/C=C(/C=C2/Sc3ccccc3N2CC)c2ccccc2)SC1=S. The lowest BCUT2D eigenvalue weighted by molar-refractivity contribution is -0.122. The molecule has 1 saturated heterocycles. The molecule has 2 aliphatic rings. The lowest BCUT2D eigenvalue weighted by atomic mass is 10.1. The van der Waals surface area contributed by atoms with Crippen LogP contribution in [0.1, 0.15) is 19.4 Å². The van der Waals surface area contributed by atoms with Gasteiger partial charge in [-0.2, -0.15) is 0 Å².